The Labute approximate surface area is 560 Å². The molecule has 2 unspecified atom stereocenters. The molecule has 4 heterocycles. The highest BCUT2D eigenvalue weighted by Gasteiger charge is 2.24. The number of aromatic amines is 2. The molecule has 0 saturated heterocycles. The monoisotopic (exact) mass is 1370 g/mol. The van der Waals surface area contributed by atoms with Crippen molar-refractivity contribution in [1.82, 2.24) is 71.8 Å². The number of benzene rings is 2. The van der Waals surface area contributed by atoms with Crippen LogP contribution in [0.15, 0.2) is 70.5 Å². The van der Waals surface area contributed by atoms with Gasteiger partial charge in [0.1, 0.15) is 23.7 Å². The van der Waals surface area contributed by atoms with Crippen molar-refractivity contribution in [2.75, 3.05) is 101 Å². The molecule has 16 N–H and O–H groups in total. The van der Waals surface area contributed by atoms with Gasteiger partial charge in [0.25, 0.3) is 22.9 Å². The molecule has 0 aliphatic heterocycles. The van der Waals surface area contributed by atoms with Crippen molar-refractivity contribution in [1.29, 1.82) is 0 Å². The number of anilines is 4. The Kier molecular flexibility index (Phi) is 33.7. The summed E-state index contributed by atoms with van der Waals surface area (Å²) in [5, 5.41) is 40.9. The number of hydrogen-bond donors (Lipinski definition) is 14. The zero-order valence-corrected chi connectivity index (χ0v) is 54.2. The van der Waals surface area contributed by atoms with Crippen LogP contribution >= 0.6 is 0 Å². The van der Waals surface area contributed by atoms with Crippen LogP contribution in [-0.4, -0.2) is 200 Å². The van der Waals surface area contributed by atoms with Crippen molar-refractivity contribution >= 4 is 105 Å². The Balaban J connectivity index is 0.000000354. The molecule has 2 aromatic carbocycles. The first-order valence-electron chi connectivity index (χ1n) is 31.2. The molecule has 2 atom stereocenters. The van der Waals surface area contributed by atoms with E-state index in [-0.39, 0.29) is 171 Å². The Morgan fingerprint density at radius 3 is 1.19 bits per heavy atom. The van der Waals surface area contributed by atoms with E-state index in [1.165, 1.54) is 50.5 Å². The first kappa shape index (κ1) is 77.7. The van der Waals surface area contributed by atoms with Gasteiger partial charge in [-0.3, -0.25) is 57.9 Å². The van der Waals surface area contributed by atoms with Crippen LogP contribution < -0.4 is 65.1 Å². The average Bonchev–Trinajstić information content (AvgIpc) is 0.864. The lowest BCUT2D eigenvalue weighted by atomic mass is 10.1. The smallest absolute Gasteiger partial charge is 0.326 e. The maximum atomic E-state index is 12.7. The van der Waals surface area contributed by atoms with Crippen molar-refractivity contribution in [3.8, 4) is 0 Å². The molecule has 0 fully saturated rings. The van der Waals surface area contributed by atoms with Crippen LogP contribution in [-0.2, 0) is 70.4 Å². The van der Waals surface area contributed by atoms with E-state index in [0.29, 0.717) is 88.3 Å². The highest BCUT2D eigenvalue weighted by molar-refractivity contribution is 5.98. The highest BCUT2D eigenvalue weighted by atomic mass is 16.5. The van der Waals surface area contributed by atoms with E-state index in [1.54, 1.807) is 24.3 Å². The van der Waals surface area contributed by atoms with Gasteiger partial charge >= 0.3 is 11.9 Å². The summed E-state index contributed by atoms with van der Waals surface area (Å²) in [6, 6.07) is 10.0. The van der Waals surface area contributed by atoms with E-state index in [1.807, 2.05) is 0 Å². The number of fused-ring (bicyclic) bond motifs is 2. The van der Waals surface area contributed by atoms with Crippen LogP contribution in [0.2, 0.25) is 0 Å². The number of nitrogens with two attached hydrogens (primary N) is 2. The van der Waals surface area contributed by atoms with E-state index >= 15 is 0 Å². The molecule has 6 aromatic rings. The van der Waals surface area contributed by atoms with Crippen LogP contribution in [0.5, 0.6) is 0 Å². The number of ether oxygens (including phenoxy) is 4. The average molecular weight is 1370 g/mol. The van der Waals surface area contributed by atoms with Crippen LogP contribution in [0.3, 0.4) is 0 Å². The van der Waals surface area contributed by atoms with Gasteiger partial charge in [-0.25, -0.2) is 29.5 Å². The summed E-state index contributed by atoms with van der Waals surface area (Å²) in [5.74, 6) is -4.95. The van der Waals surface area contributed by atoms with Crippen molar-refractivity contribution in [2.45, 2.75) is 103 Å². The van der Waals surface area contributed by atoms with Crippen molar-refractivity contribution in [2.24, 2.45) is 0 Å². The number of nitrogens with zero attached hydrogens (tertiary/aromatic N) is 6. The van der Waals surface area contributed by atoms with Crippen LogP contribution in [0.25, 0.3) is 22.3 Å². The molecule has 36 nitrogen and oxygen atoms in total. The fourth-order valence-electron chi connectivity index (χ4n) is 8.61. The fourth-order valence-corrected chi connectivity index (χ4v) is 8.61. The predicted molar refractivity (Wildman–Crippen MR) is 353 cm³/mol. The van der Waals surface area contributed by atoms with Gasteiger partial charge in [-0.2, -0.15) is 9.97 Å². The Morgan fingerprint density at radius 2 is 0.837 bits per heavy atom. The lowest BCUT2D eigenvalue weighted by Crippen LogP contribution is -2.41. The number of carboxylic acids is 2. The first-order chi connectivity index (χ1) is 47.0. The summed E-state index contributed by atoms with van der Waals surface area (Å²) in [6.07, 6.45) is 4.00. The van der Waals surface area contributed by atoms with E-state index in [9.17, 15) is 67.7 Å². The molecular weight excluding hydrogens is 1280 g/mol. The number of rotatable bonds is 44. The maximum Gasteiger partial charge on any atom is 0.326 e. The maximum absolute atomic E-state index is 12.7. The van der Waals surface area contributed by atoms with Crippen LogP contribution in [0.1, 0.15) is 110 Å². The zero-order valence-electron chi connectivity index (χ0n) is 54.2. The van der Waals surface area contributed by atoms with Crippen LogP contribution in [0, 0.1) is 0 Å². The largest absolute Gasteiger partial charge is 0.480 e. The van der Waals surface area contributed by atoms with Gasteiger partial charge in [0.15, 0.2) is 22.3 Å². The molecule has 0 aliphatic carbocycles. The Hall–Kier alpha value is -11.0. The van der Waals surface area contributed by atoms with E-state index in [2.05, 4.69) is 82.4 Å². The number of nitrogen functional groups attached to an aromatic ring is 2. The van der Waals surface area contributed by atoms with Gasteiger partial charge < -0.3 is 83.2 Å². The van der Waals surface area contributed by atoms with E-state index < -0.39 is 47.0 Å². The summed E-state index contributed by atoms with van der Waals surface area (Å²) < 4.78 is 21.2. The molecule has 36 heteroatoms. The minimum absolute atomic E-state index is 0.0498. The lowest BCUT2D eigenvalue weighted by molar-refractivity contribution is -0.140. The van der Waals surface area contributed by atoms with Gasteiger partial charge in [0, 0.05) is 101 Å². The lowest BCUT2D eigenvalue weighted by Gasteiger charge is -2.14. The number of carboxylic acid groups (broad SMARTS) is 2. The van der Waals surface area contributed by atoms with Crippen molar-refractivity contribution < 1.29 is 77.1 Å². The standard InChI is InChI=1S/2C31H41N9O9/c2*1-19(41)33-12-14-49-16-15-48-13-10-25(43)34-11-2-3-23(42)8-9-24(30(46)47)38-28(44)20-4-6-21(7-5-20)35-17-22-18-36-27-26(37-22)29(45)40-31(32)39-27/h2*4-7,18,24,35H,2-3,8-17H2,1H3,(H,33,41)(H,34,43)(H,38,44)(H,46,47)(H3,32,36,39,40,45). The number of aromatic nitrogens is 8. The second kappa shape index (κ2) is 42.5. The van der Waals surface area contributed by atoms with Crippen molar-refractivity contribution in [3.05, 3.63) is 104 Å². The number of Topliss-reactive ketones (excluding diaryl/α,β-unsaturated/α-hetero) is 2. The molecule has 0 spiro atoms. The number of ketones is 2. The number of aliphatic carboxylic acids is 2. The second-order valence-electron chi connectivity index (χ2n) is 21.5. The molecule has 6 amide bonds. The van der Waals surface area contributed by atoms with E-state index in [0.717, 1.165) is 0 Å². The summed E-state index contributed by atoms with van der Waals surface area (Å²) in [7, 11) is 0. The number of nitrogens with one attached hydrogen (secondary N) is 10. The molecule has 0 radical (unpaired) electrons. The van der Waals surface area contributed by atoms with Gasteiger partial charge in [-0.05, 0) is 74.2 Å². The quantitative estimate of drug-likeness (QED) is 0.0220. The molecule has 528 valence electrons. The molecular formula is C62H82N18O18. The second-order valence-corrected chi connectivity index (χ2v) is 21.5. The summed E-state index contributed by atoms with van der Waals surface area (Å²) >= 11 is 0. The Bertz CT molecular complexity index is 3540. The molecule has 0 saturated carbocycles. The SMILES string of the molecule is CC(=O)NCCOCCOCCC(=O)NCCCC(=O)CCC(NC(=O)c1ccc(NCc2cnc3nc(N)[nH]c(=O)c3n2)cc1)C(=O)O.CC(=O)NCCOCCOCCC(=O)NCCCC(=O)CCC(NC(=O)c1ccc(NCc2cnc3nc(N)[nH]c(=O)c3n2)cc1)C(=O)O. The molecule has 98 heavy (non-hydrogen) atoms. The molecule has 0 aliphatic rings. The summed E-state index contributed by atoms with van der Waals surface area (Å²) in [6.45, 7) is 7.15. The third kappa shape index (κ3) is 30.2. The van der Waals surface area contributed by atoms with Gasteiger partial charge in [0.05, 0.1) is 89.7 Å². The molecule has 4 aromatic heterocycles. The summed E-state index contributed by atoms with van der Waals surface area (Å²) in [4.78, 5) is 172. The Morgan fingerprint density at radius 1 is 0.469 bits per heavy atom. The molecule has 0 bridgehead atoms. The van der Waals surface area contributed by atoms with Gasteiger partial charge in [0.2, 0.25) is 35.5 Å². The predicted octanol–water partition coefficient (Wildman–Crippen LogP) is -0.209. The normalized spacial score (nSPS) is 11.4. The number of carbonyl (C=O) groups is 10. The van der Waals surface area contributed by atoms with Gasteiger partial charge in [-0.1, -0.05) is 0 Å². The number of H-pyrrole nitrogens is 2. The highest BCUT2D eigenvalue weighted by Crippen LogP contribution is 2.15. The van der Waals surface area contributed by atoms with E-state index in [4.69, 9.17) is 30.4 Å². The minimum atomic E-state index is -1.27. The molecule has 6 rings (SSSR count). The van der Waals surface area contributed by atoms with Crippen LogP contribution in [0.4, 0.5) is 23.3 Å². The third-order valence-electron chi connectivity index (χ3n) is 13.7. The summed E-state index contributed by atoms with van der Waals surface area (Å²) in [5.41, 5.74) is 13.0. The topological polar surface area (TPSA) is 539 Å². The minimum Gasteiger partial charge on any atom is -0.480 e. The van der Waals surface area contributed by atoms with Crippen molar-refractivity contribution in [3.63, 3.8) is 0 Å². The fraction of sp³-hybridized carbons (Fsp3) is 0.452. The number of hydrogen-bond acceptors (Lipinski definition) is 26. The number of amides is 6. The number of carbonyl (C=O) groups excluding carboxylic acids is 8. The first-order valence-corrected chi connectivity index (χ1v) is 31.2. The third-order valence-corrected chi connectivity index (χ3v) is 13.7. The zero-order chi connectivity index (χ0) is 71.2. The van der Waals surface area contributed by atoms with Gasteiger partial charge in [-0.15, -0.1) is 0 Å².